The van der Waals surface area contributed by atoms with Gasteiger partial charge in [-0.15, -0.1) is 0 Å². The Hall–Kier alpha value is -0.650. The Balaban J connectivity index is 4.38. The number of aliphatic hydroxyl groups excluding tert-OH is 2. The molecule has 0 saturated heterocycles. The Bertz CT molecular complexity index is 136. The Labute approximate surface area is 58.1 Å². The fourth-order valence-electron chi connectivity index (χ4n) is 0.378. The van der Waals surface area contributed by atoms with Gasteiger partial charge in [-0.25, -0.2) is 0 Å². The van der Waals surface area contributed by atoms with Crippen LogP contribution in [0.1, 0.15) is 6.92 Å². The summed E-state index contributed by atoms with van der Waals surface area (Å²) in [6.07, 6.45) is -1.27. The van der Waals surface area contributed by atoms with Gasteiger partial charge < -0.3 is 21.1 Å². The van der Waals surface area contributed by atoms with E-state index in [1.807, 2.05) is 0 Å². The van der Waals surface area contributed by atoms with Crippen LogP contribution >= 0.6 is 0 Å². The average Bonchev–Trinajstić information content (AvgIpc) is 1.85. The number of aliphatic hydroxyl groups is 2. The monoisotopic (exact) mass is 149 g/mol. The summed E-state index contributed by atoms with van der Waals surface area (Å²) in [6.45, 7) is 0.435. The van der Waals surface area contributed by atoms with Crippen molar-refractivity contribution in [3.8, 4) is 0 Å². The molecule has 0 saturated carbocycles. The Kier molecular flexibility index (Phi) is 2.77. The van der Waals surface area contributed by atoms with Crippen molar-refractivity contribution in [2.24, 2.45) is 5.73 Å². The Morgan fingerprint density at radius 1 is 1.80 bits per heavy atom. The van der Waals surface area contributed by atoms with E-state index in [0.29, 0.717) is 0 Å². The van der Waals surface area contributed by atoms with E-state index in [4.69, 9.17) is 21.1 Å². The minimum atomic E-state index is -1.93. The van der Waals surface area contributed by atoms with Crippen LogP contribution in [0, 0.1) is 0 Å². The molecule has 5 nitrogen and oxygen atoms in total. The predicted molar refractivity (Wildman–Crippen MR) is 33.3 cm³/mol. The van der Waals surface area contributed by atoms with Crippen LogP contribution in [0.5, 0.6) is 0 Å². The number of carbonyl (C=O) groups is 1. The van der Waals surface area contributed by atoms with Gasteiger partial charge in [-0.05, 0) is 6.92 Å². The highest BCUT2D eigenvalue weighted by atomic mass is 16.4. The molecule has 60 valence electrons. The van der Waals surface area contributed by atoms with Crippen molar-refractivity contribution in [3.63, 3.8) is 0 Å². The SMILES string of the molecule is CC(O)C(N)(CO)C(=O)O. The lowest BCUT2D eigenvalue weighted by molar-refractivity contribution is -0.149. The van der Waals surface area contributed by atoms with E-state index in [2.05, 4.69) is 0 Å². The number of carboxylic acid groups (broad SMARTS) is 1. The van der Waals surface area contributed by atoms with Crippen molar-refractivity contribution in [3.05, 3.63) is 0 Å². The predicted octanol–water partition coefficient (Wildman–Crippen LogP) is -1.86. The number of carboxylic acids is 1. The van der Waals surface area contributed by atoms with Crippen LogP contribution in [0.15, 0.2) is 0 Å². The molecule has 0 aliphatic rings. The van der Waals surface area contributed by atoms with Crippen molar-refractivity contribution in [1.82, 2.24) is 0 Å². The molecule has 0 aliphatic carbocycles. The summed E-state index contributed by atoms with van der Waals surface area (Å²) in [6, 6.07) is 0. The van der Waals surface area contributed by atoms with Crippen molar-refractivity contribution in [2.75, 3.05) is 6.61 Å². The largest absolute Gasteiger partial charge is 0.480 e. The first kappa shape index (κ1) is 9.35. The van der Waals surface area contributed by atoms with Gasteiger partial charge in [0.25, 0.3) is 0 Å². The van der Waals surface area contributed by atoms with E-state index in [1.165, 1.54) is 6.92 Å². The molecule has 0 amide bonds. The third-order valence-electron chi connectivity index (χ3n) is 1.41. The highest BCUT2D eigenvalue weighted by molar-refractivity contribution is 5.79. The third-order valence-corrected chi connectivity index (χ3v) is 1.41. The molecular formula is C5H11NO4. The summed E-state index contributed by atoms with van der Waals surface area (Å²) in [5.41, 5.74) is 3.15. The molecule has 0 aromatic heterocycles. The van der Waals surface area contributed by atoms with Crippen LogP contribution in [0.25, 0.3) is 0 Å². The molecule has 0 heterocycles. The second kappa shape index (κ2) is 2.96. The number of rotatable bonds is 3. The summed E-state index contributed by atoms with van der Waals surface area (Å²) < 4.78 is 0. The van der Waals surface area contributed by atoms with Crippen LogP contribution < -0.4 is 5.73 Å². The molecule has 0 aromatic carbocycles. The van der Waals surface area contributed by atoms with Crippen LogP contribution in [-0.4, -0.2) is 39.5 Å². The zero-order valence-electron chi connectivity index (χ0n) is 5.61. The van der Waals surface area contributed by atoms with Crippen LogP contribution in [0.3, 0.4) is 0 Å². The van der Waals surface area contributed by atoms with Gasteiger partial charge in [0.05, 0.1) is 12.7 Å². The lowest BCUT2D eigenvalue weighted by Crippen LogP contribution is -2.59. The van der Waals surface area contributed by atoms with Gasteiger partial charge >= 0.3 is 5.97 Å². The lowest BCUT2D eigenvalue weighted by Gasteiger charge is -2.24. The van der Waals surface area contributed by atoms with Crippen molar-refractivity contribution < 1.29 is 20.1 Å². The summed E-state index contributed by atoms with van der Waals surface area (Å²) >= 11 is 0. The lowest BCUT2D eigenvalue weighted by atomic mass is 9.96. The van der Waals surface area contributed by atoms with Gasteiger partial charge in [0, 0.05) is 0 Å². The molecule has 0 spiro atoms. The summed E-state index contributed by atoms with van der Waals surface area (Å²) in [5.74, 6) is -1.41. The summed E-state index contributed by atoms with van der Waals surface area (Å²) in [5, 5.41) is 25.6. The Morgan fingerprint density at radius 2 is 2.20 bits per heavy atom. The molecule has 0 fully saturated rings. The number of nitrogens with two attached hydrogens (primary N) is 1. The first-order valence-corrected chi connectivity index (χ1v) is 2.76. The van der Waals surface area contributed by atoms with E-state index >= 15 is 0 Å². The van der Waals surface area contributed by atoms with Gasteiger partial charge in [-0.2, -0.15) is 0 Å². The summed E-state index contributed by atoms with van der Waals surface area (Å²) in [4.78, 5) is 10.2. The van der Waals surface area contributed by atoms with Crippen LogP contribution in [0.4, 0.5) is 0 Å². The molecule has 0 rings (SSSR count). The zero-order chi connectivity index (χ0) is 8.36. The topological polar surface area (TPSA) is 104 Å². The highest BCUT2D eigenvalue weighted by Crippen LogP contribution is 2.05. The molecule has 2 atom stereocenters. The van der Waals surface area contributed by atoms with Crippen LogP contribution in [0.2, 0.25) is 0 Å². The quantitative estimate of drug-likeness (QED) is 0.377. The first-order chi connectivity index (χ1) is 4.45. The van der Waals surface area contributed by atoms with Gasteiger partial charge in [-0.3, -0.25) is 4.79 Å². The smallest absolute Gasteiger partial charge is 0.328 e. The minimum absolute atomic E-state index is 0.778. The average molecular weight is 149 g/mol. The number of aliphatic carboxylic acids is 1. The maximum Gasteiger partial charge on any atom is 0.328 e. The second-order valence-electron chi connectivity index (χ2n) is 2.18. The van der Waals surface area contributed by atoms with E-state index in [9.17, 15) is 4.79 Å². The molecule has 0 bridgehead atoms. The van der Waals surface area contributed by atoms with Crippen molar-refractivity contribution in [2.45, 2.75) is 18.6 Å². The highest BCUT2D eigenvalue weighted by Gasteiger charge is 2.38. The molecule has 0 aromatic rings. The van der Waals surface area contributed by atoms with E-state index in [0.717, 1.165) is 0 Å². The fourth-order valence-corrected chi connectivity index (χ4v) is 0.378. The molecule has 5 N–H and O–H groups in total. The number of hydrogen-bond acceptors (Lipinski definition) is 4. The molecule has 10 heavy (non-hydrogen) atoms. The number of hydrogen-bond donors (Lipinski definition) is 4. The maximum atomic E-state index is 10.2. The van der Waals surface area contributed by atoms with Gasteiger partial charge in [0.2, 0.25) is 0 Å². The molecule has 2 unspecified atom stereocenters. The van der Waals surface area contributed by atoms with Crippen molar-refractivity contribution >= 4 is 5.97 Å². The van der Waals surface area contributed by atoms with E-state index < -0.39 is 24.2 Å². The molecule has 5 heteroatoms. The first-order valence-electron chi connectivity index (χ1n) is 2.76. The molecular weight excluding hydrogens is 138 g/mol. The fraction of sp³-hybridized carbons (Fsp3) is 0.800. The van der Waals surface area contributed by atoms with Gasteiger partial charge in [0.1, 0.15) is 0 Å². The van der Waals surface area contributed by atoms with Gasteiger partial charge in [-0.1, -0.05) is 0 Å². The second-order valence-corrected chi connectivity index (χ2v) is 2.18. The zero-order valence-corrected chi connectivity index (χ0v) is 5.61. The van der Waals surface area contributed by atoms with Crippen LogP contribution in [-0.2, 0) is 4.79 Å². The molecule has 0 radical (unpaired) electrons. The molecule has 0 aliphatic heterocycles. The maximum absolute atomic E-state index is 10.2. The Morgan fingerprint density at radius 3 is 2.20 bits per heavy atom. The van der Waals surface area contributed by atoms with E-state index in [-0.39, 0.29) is 0 Å². The normalized spacial score (nSPS) is 19.6. The summed E-state index contributed by atoms with van der Waals surface area (Å²) in [7, 11) is 0. The van der Waals surface area contributed by atoms with Gasteiger partial charge in [0.15, 0.2) is 5.54 Å². The minimum Gasteiger partial charge on any atom is -0.480 e. The van der Waals surface area contributed by atoms with Crippen molar-refractivity contribution in [1.29, 1.82) is 0 Å². The standard InChI is InChI=1S/C5H11NO4/c1-3(8)5(6,2-7)4(9)10/h3,7-8H,2,6H2,1H3,(H,9,10). The van der Waals surface area contributed by atoms with E-state index in [1.54, 1.807) is 0 Å². The third kappa shape index (κ3) is 1.44.